The molecule has 1 saturated carbocycles. The molecular formula is C43H52F2N4O5S. The summed E-state index contributed by atoms with van der Waals surface area (Å²) in [6.07, 6.45) is 7.78. The van der Waals surface area contributed by atoms with Crippen LogP contribution in [-0.4, -0.2) is 89.6 Å². The van der Waals surface area contributed by atoms with Crippen molar-refractivity contribution in [2.24, 2.45) is 23.7 Å². The standard InChI is InChI=1S/C43H52F2N4O5S/c1-3-41(50)46-36-23-35(45)24-39(25-36)55(52,53)38-13-11-37(12-14-38)49-27-30(28-49)26-47-19-15-32(16-20-47)43(29-48-17-6-18-48,33-8-5-9-34(44)22-33)40-10-4-7-31(40)21-42(51)54-2/h3,5,8-9,11-14,22-25,30-32,40H,1,4,6-7,10,15-21,26-29H2,2H3,(H,46,50)/t31-,40+,43+/m1/s1. The van der Waals surface area contributed by atoms with Crippen LogP contribution >= 0.6 is 0 Å². The SMILES string of the molecule is C=CC(=O)Nc1cc(F)cc(S(=O)(=O)c2ccc(N3CC(CN4CCC([C@@](CN5CCC5)(c5cccc(F)c5)[C@H]5CCC[C@@H]5CC(=O)OC)CC4)C3)cc2)c1. The van der Waals surface area contributed by atoms with Crippen LogP contribution in [0.15, 0.2) is 89.2 Å². The number of esters is 1. The molecule has 0 spiro atoms. The van der Waals surface area contributed by atoms with Crippen molar-refractivity contribution in [2.45, 2.75) is 60.2 Å². The molecule has 1 aliphatic carbocycles. The largest absolute Gasteiger partial charge is 0.469 e. The van der Waals surface area contributed by atoms with Crippen molar-refractivity contribution in [2.75, 3.05) is 69.7 Å². The lowest BCUT2D eigenvalue weighted by Gasteiger charge is -2.54. The lowest BCUT2D eigenvalue weighted by atomic mass is 9.56. The number of halogens is 2. The Hall–Kier alpha value is -4.13. The molecule has 294 valence electrons. The molecule has 1 amide bonds. The molecule has 7 rings (SSSR count). The Morgan fingerprint density at radius 3 is 2.29 bits per heavy atom. The lowest BCUT2D eigenvalue weighted by molar-refractivity contribution is -0.142. The molecule has 3 aromatic rings. The Balaban J connectivity index is 0.994. The van der Waals surface area contributed by atoms with Gasteiger partial charge in [0.25, 0.3) is 0 Å². The fraction of sp³-hybridized carbons (Fsp3) is 0.488. The van der Waals surface area contributed by atoms with Gasteiger partial charge < -0.3 is 24.8 Å². The number of amides is 1. The van der Waals surface area contributed by atoms with E-state index in [9.17, 15) is 22.4 Å². The predicted molar refractivity (Wildman–Crippen MR) is 209 cm³/mol. The number of ether oxygens (including phenoxy) is 1. The van der Waals surface area contributed by atoms with Gasteiger partial charge in [0.15, 0.2) is 0 Å². The van der Waals surface area contributed by atoms with Gasteiger partial charge in [0, 0.05) is 55.3 Å². The highest BCUT2D eigenvalue weighted by molar-refractivity contribution is 7.91. The van der Waals surface area contributed by atoms with Crippen molar-refractivity contribution in [3.8, 4) is 0 Å². The Bertz CT molecular complexity index is 1980. The monoisotopic (exact) mass is 774 g/mol. The van der Waals surface area contributed by atoms with E-state index >= 15 is 4.39 Å². The third kappa shape index (κ3) is 8.37. The number of sulfone groups is 1. The number of piperidine rings is 1. The van der Waals surface area contributed by atoms with Crippen LogP contribution in [0, 0.1) is 35.3 Å². The van der Waals surface area contributed by atoms with Crippen molar-refractivity contribution in [1.29, 1.82) is 0 Å². The molecule has 3 heterocycles. The molecule has 3 atom stereocenters. The lowest BCUT2D eigenvalue weighted by Crippen LogP contribution is -2.58. The second kappa shape index (κ2) is 16.5. The molecule has 0 bridgehead atoms. The third-order valence-corrected chi connectivity index (χ3v) is 14.5. The van der Waals surface area contributed by atoms with E-state index in [1.165, 1.54) is 25.7 Å². The average Bonchev–Trinajstić information content (AvgIpc) is 3.61. The Morgan fingerprint density at radius 1 is 0.891 bits per heavy atom. The number of carbonyl (C=O) groups excluding carboxylic acids is 2. The number of anilines is 2. The number of hydrogen-bond acceptors (Lipinski definition) is 8. The summed E-state index contributed by atoms with van der Waals surface area (Å²) in [5, 5.41) is 2.42. The van der Waals surface area contributed by atoms with Gasteiger partial charge in [0.05, 0.1) is 16.9 Å². The van der Waals surface area contributed by atoms with Crippen LogP contribution in [-0.2, 0) is 29.6 Å². The van der Waals surface area contributed by atoms with Gasteiger partial charge in [-0.2, -0.15) is 0 Å². The summed E-state index contributed by atoms with van der Waals surface area (Å²) in [4.78, 5) is 31.4. The van der Waals surface area contributed by atoms with Gasteiger partial charge in [-0.3, -0.25) is 9.59 Å². The molecule has 0 aromatic heterocycles. The highest BCUT2D eigenvalue weighted by atomic mass is 32.2. The first-order valence-electron chi connectivity index (χ1n) is 19.6. The van der Waals surface area contributed by atoms with Crippen LogP contribution in [0.1, 0.15) is 50.5 Å². The molecule has 9 nitrogen and oxygen atoms in total. The quantitative estimate of drug-likeness (QED) is 0.143. The maximum Gasteiger partial charge on any atom is 0.305 e. The first kappa shape index (κ1) is 39.1. The molecule has 1 N–H and O–H groups in total. The van der Waals surface area contributed by atoms with E-state index in [4.69, 9.17) is 4.74 Å². The summed E-state index contributed by atoms with van der Waals surface area (Å²) in [6.45, 7) is 11.0. The van der Waals surface area contributed by atoms with Gasteiger partial charge in [-0.05, 0) is 142 Å². The summed E-state index contributed by atoms with van der Waals surface area (Å²) in [7, 11) is -2.56. The number of benzene rings is 3. The summed E-state index contributed by atoms with van der Waals surface area (Å²) in [5.41, 5.74) is 1.81. The number of methoxy groups -OCH3 is 1. The van der Waals surface area contributed by atoms with Crippen molar-refractivity contribution >= 4 is 33.1 Å². The fourth-order valence-corrected chi connectivity index (χ4v) is 11.2. The number of nitrogens with one attached hydrogen (secondary N) is 1. The van der Waals surface area contributed by atoms with Crippen LogP contribution in [0.3, 0.4) is 0 Å². The first-order chi connectivity index (χ1) is 26.5. The molecule has 4 fully saturated rings. The molecule has 3 aromatic carbocycles. The number of carbonyl (C=O) groups is 2. The number of nitrogens with zero attached hydrogens (tertiary/aromatic N) is 3. The van der Waals surface area contributed by atoms with E-state index in [2.05, 4.69) is 32.7 Å². The zero-order valence-electron chi connectivity index (χ0n) is 31.6. The first-order valence-corrected chi connectivity index (χ1v) is 21.1. The zero-order valence-corrected chi connectivity index (χ0v) is 32.4. The second-order valence-corrected chi connectivity index (χ2v) is 17.9. The van der Waals surface area contributed by atoms with Gasteiger partial charge in [-0.15, -0.1) is 0 Å². The van der Waals surface area contributed by atoms with E-state index < -0.39 is 21.6 Å². The van der Waals surface area contributed by atoms with Gasteiger partial charge in [0.2, 0.25) is 15.7 Å². The summed E-state index contributed by atoms with van der Waals surface area (Å²) in [5.74, 6) is -0.358. The topological polar surface area (TPSA) is 99.3 Å². The zero-order chi connectivity index (χ0) is 38.7. The van der Waals surface area contributed by atoms with Gasteiger partial charge in [0.1, 0.15) is 11.6 Å². The maximum atomic E-state index is 15.0. The van der Waals surface area contributed by atoms with E-state index in [1.54, 1.807) is 30.3 Å². The summed E-state index contributed by atoms with van der Waals surface area (Å²) < 4.78 is 61.2. The minimum atomic E-state index is -4.03. The van der Waals surface area contributed by atoms with E-state index in [0.717, 1.165) is 114 Å². The molecule has 3 aliphatic heterocycles. The minimum Gasteiger partial charge on any atom is -0.469 e. The van der Waals surface area contributed by atoms with E-state index in [0.29, 0.717) is 18.3 Å². The van der Waals surface area contributed by atoms with Crippen LogP contribution in [0.2, 0.25) is 0 Å². The van der Waals surface area contributed by atoms with Crippen molar-refractivity contribution < 1.29 is 31.5 Å². The van der Waals surface area contributed by atoms with Crippen LogP contribution in [0.25, 0.3) is 0 Å². The van der Waals surface area contributed by atoms with Gasteiger partial charge >= 0.3 is 5.97 Å². The van der Waals surface area contributed by atoms with Crippen molar-refractivity contribution in [3.05, 3.63) is 96.6 Å². The van der Waals surface area contributed by atoms with Crippen LogP contribution in [0.4, 0.5) is 20.2 Å². The highest BCUT2D eigenvalue weighted by Crippen LogP contribution is 2.54. The Morgan fingerprint density at radius 2 is 1.64 bits per heavy atom. The molecular weight excluding hydrogens is 723 g/mol. The number of rotatable bonds is 14. The highest BCUT2D eigenvalue weighted by Gasteiger charge is 2.53. The van der Waals surface area contributed by atoms with E-state index in [-0.39, 0.29) is 44.5 Å². The fourth-order valence-electron chi connectivity index (χ4n) is 9.88. The number of likely N-dealkylation sites (tertiary alicyclic amines) is 2. The van der Waals surface area contributed by atoms with Gasteiger partial charge in [-0.1, -0.05) is 25.1 Å². The molecule has 0 radical (unpaired) electrons. The smallest absolute Gasteiger partial charge is 0.305 e. The molecule has 4 aliphatic rings. The van der Waals surface area contributed by atoms with E-state index in [1.807, 2.05) is 6.07 Å². The van der Waals surface area contributed by atoms with Crippen LogP contribution < -0.4 is 10.2 Å². The predicted octanol–water partition coefficient (Wildman–Crippen LogP) is 6.69. The maximum absolute atomic E-state index is 15.0. The Kier molecular flexibility index (Phi) is 11.8. The average molecular weight is 775 g/mol. The summed E-state index contributed by atoms with van der Waals surface area (Å²) in [6, 6.07) is 17.2. The Labute approximate surface area is 323 Å². The number of hydrogen-bond donors (Lipinski definition) is 1. The van der Waals surface area contributed by atoms with Gasteiger partial charge in [-0.25, -0.2) is 17.2 Å². The second-order valence-electron chi connectivity index (χ2n) is 16.0. The molecule has 3 saturated heterocycles. The normalized spacial score (nSPS) is 22.3. The molecule has 0 unspecified atom stereocenters. The molecule has 55 heavy (non-hydrogen) atoms. The van der Waals surface area contributed by atoms with Crippen molar-refractivity contribution in [1.82, 2.24) is 9.80 Å². The molecule has 12 heteroatoms. The third-order valence-electron chi connectivity index (χ3n) is 12.7. The van der Waals surface area contributed by atoms with Crippen LogP contribution in [0.5, 0.6) is 0 Å². The minimum absolute atomic E-state index is 0.0339. The summed E-state index contributed by atoms with van der Waals surface area (Å²) >= 11 is 0. The van der Waals surface area contributed by atoms with Crippen molar-refractivity contribution in [3.63, 3.8) is 0 Å².